The Morgan fingerprint density at radius 1 is 1.29 bits per heavy atom. The molecule has 14 heavy (non-hydrogen) atoms. The lowest BCUT2D eigenvalue weighted by Gasteiger charge is -2.05. The molecule has 0 saturated heterocycles. The van der Waals surface area contributed by atoms with Crippen LogP contribution in [0.5, 0.6) is 0 Å². The van der Waals surface area contributed by atoms with Gasteiger partial charge in [0.05, 0.1) is 0 Å². The summed E-state index contributed by atoms with van der Waals surface area (Å²) in [4.78, 5) is 11.8. The smallest absolute Gasteiger partial charge is 0.258 e. The summed E-state index contributed by atoms with van der Waals surface area (Å²) in [5, 5.41) is 1.75. The Kier molecular flexibility index (Phi) is 2.19. The number of fused-ring (bicyclic) bond motifs is 1. The molecule has 0 unspecified atom stereocenters. The maximum Gasteiger partial charge on any atom is 0.258 e. The minimum absolute atomic E-state index is 0.0568. The fourth-order valence-electron chi connectivity index (χ4n) is 1.50. The number of pyridine rings is 1. The molecular formula is C11H10BrNO. The lowest BCUT2D eigenvalue weighted by atomic mass is 10.1. The SMILES string of the molecule is Cc1cc2ccc(Br)cc2c(=O)n1C. The van der Waals surface area contributed by atoms with E-state index >= 15 is 0 Å². The Balaban J connectivity index is 2.99. The van der Waals surface area contributed by atoms with Crippen LogP contribution < -0.4 is 5.56 Å². The molecule has 0 amide bonds. The first kappa shape index (κ1) is 9.46. The molecule has 72 valence electrons. The predicted octanol–water partition coefficient (Wildman–Crippen LogP) is 2.61. The summed E-state index contributed by atoms with van der Waals surface area (Å²) in [5.74, 6) is 0. The fourth-order valence-corrected chi connectivity index (χ4v) is 1.86. The van der Waals surface area contributed by atoms with Crippen molar-refractivity contribution in [3.05, 3.63) is 44.8 Å². The van der Waals surface area contributed by atoms with Gasteiger partial charge >= 0.3 is 0 Å². The monoisotopic (exact) mass is 251 g/mol. The average molecular weight is 252 g/mol. The molecule has 0 N–H and O–H groups in total. The second-order valence-electron chi connectivity index (χ2n) is 3.38. The Hall–Kier alpha value is -1.09. The average Bonchev–Trinajstić information content (AvgIpc) is 2.16. The van der Waals surface area contributed by atoms with E-state index in [4.69, 9.17) is 0 Å². The van der Waals surface area contributed by atoms with Crippen LogP contribution in [0.1, 0.15) is 5.69 Å². The molecule has 0 aliphatic rings. The largest absolute Gasteiger partial charge is 0.315 e. The minimum atomic E-state index is 0.0568. The summed E-state index contributed by atoms with van der Waals surface area (Å²) in [5.41, 5.74) is 1.03. The standard InChI is InChI=1S/C11H10BrNO/c1-7-5-8-3-4-9(12)6-10(8)11(14)13(7)2/h3-6H,1-2H3. The topological polar surface area (TPSA) is 22.0 Å². The zero-order valence-corrected chi connectivity index (χ0v) is 9.63. The van der Waals surface area contributed by atoms with E-state index in [2.05, 4.69) is 15.9 Å². The van der Waals surface area contributed by atoms with Crippen molar-refractivity contribution in [2.24, 2.45) is 7.05 Å². The summed E-state index contributed by atoms with van der Waals surface area (Å²) in [6.07, 6.45) is 0. The van der Waals surface area contributed by atoms with E-state index in [9.17, 15) is 4.79 Å². The molecule has 3 heteroatoms. The van der Waals surface area contributed by atoms with Crippen LogP contribution in [0.25, 0.3) is 10.8 Å². The zero-order chi connectivity index (χ0) is 10.3. The number of rotatable bonds is 0. The molecule has 2 rings (SSSR count). The first-order chi connectivity index (χ1) is 6.59. The number of nitrogens with zero attached hydrogens (tertiary/aromatic N) is 1. The molecule has 0 atom stereocenters. The van der Waals surface area contributed by atoms with Crippen LogP contribution >= 0.6 is 15.9 Å². The molecule has 0 radical (unpaired) electrons. The van der Waals surface area contributed by atoms with Crippen LogP contribution in [-0.2, 0) is 7.05 Å². The van der Waals surface area contributed by atoms with Gasteiger partial charge in [0.1, 0.15) is 0 Å². The molecule has 1 heterocycles. The van der Waals surface area contributed by atoms with Gasteiger partial charge in [0.2, 0.25) is 0 Å². The van der Waals surface area contributed by atoms with E-state index in [0.29, 0.717) is 0 Å². The third kappa shape index (κ3) is 1.38. The molecule has 0 spiro atoms. The van der Waals surface area contributed by atoms with Gasteiger partial charge in [-0.2, -0.15) is 0 Å². The highest BCUT2D eigenvalue weighted by Crippen LogP contribution is 2.17. The van der Waals surface area contributed by atoms with Gasteiger partial charge in [-0.25, -0.2) is 0 Å². The van der Waals surface area contributed by atoms with Gasteiger partial charge in [0.25, 0.3) is 5.56 Å². The van der Waals surface area contributed by atoms with E-state index in [1.807, 2.05) is 31.2 Å². The Morgan fingerprint density at radius 2 is 2.00 bits per heavy atom. The number of hydrogen-bond acceptors (Lipinski definition) is 1. The number of benzene rings is 1. The molecule has 0 bridgehead atoms. The van der Waals surface area contributed by atoms with Gasteiger partial charge in [0, 0.05) is 22.6 Å². The van der Waals surface area contributed by atoms with Gasteiger partial charge in [-0.15, -0.1) is 0 Å². The molecule has 1 aromatic carbocycles. The van der Waals surface area contributed by atoms with E-state index in [1.54, 1.807) is 11.6 Å². The number of aromatic nitrogens is 1. The van der Waals surface area contributed by atoms with Gasteiger partial charge in [0.15, 0.2) is 0 Å². The second kappa shape index (κ2) is 3.24. The maximum atomic E-state index is 11.8. The predicted molar refractivity (Wildman–Crippen MR) is 61.6 cm³/mol. The lowest BCUT2D eigenvalue weighted by molar-refractivity contribution is 0.830. The summed E-state index contributed by atoms with van der Waals surface area (Å²) in [6, 6.07) is 7.77. The van der Waals surface area contributed by atoms with Crippen LogP contribution in [0.2, 0.25) is 0 Å². The maximum absolute atomic E-state index is 11.8. The molecular weight excluding hydrogens is 242 g/mol. The summed E-state index contributed by atoms with van der Waals surface area (Å²) < 4.78 is 2.60. The van der Waals surface area contributed by atoms with Crippen molar-refractivity contribution in [3.8, 4) is 0 Å². The van der Waals surface area contributed by atoms with E-state index < -0.39 is 0 Å². The number of hydrogen-bond donors (Lipinski definition) is 0. The Labute approximate surface area is 90.3 Å². The van der Waals surface area contributed by atoms with Crippen molar-refractivity contribution in [2.45, 2.75) is 6.92 Å². The van der Waals surface area contributed by atoms with Crippen molar-refractivity contribution < 1.29 is 0 Å². The van der Waals surface area contributed by atoms with Crippen molar-refractivity contribution in [3.63, 3.8) is 0 Å². The van der Waals surface area contributed by atoms with Crippen molar-refractivity contribution in [2.75, 3.05) is 0 Å². The molecule has 2 nitrogen and oxygen atoms in total. The third-order valence-corrected chi connectivity index (χ3v) is 2.94. The molecule has 2 aromatic rings. The fraction of sp³-hybridized carbons (Fsp3) is 0.182. The highest BCUT2D eigenvalue weighted by Gasteiger charge is 2.03. The first-order valence-electron chi connectivity index (χ1n) is 4.35. The highest BCUT2D eigenvalue weighted by molar-refractivity contribution is 9.10. The van der Waals surface area contributed by atoms with Crippen molar-refractivity contribution in [1.29, 1.82) is 0 Å². The summed E-state index contributed by atoms with van der Waals surface area (Å²) in [6.45, 7) is 1.93. The zero-order valence-electron chi connectivity index (χ0n) is 8.04. The quantitative estimate of drug-likeness (QED) is 0.706. The Bertz CT molecular complexity index is 557. The molecule has 0 fully saturated rings. The van der Waals surface area contributed by atoms with Crippen LogP contribution in [0.15, 0.2) is 33.5 Å². The van der Waals surface area contributed by atoms with Crippen molar-refractivity contribution in [1.82, 2.24) is 4.57 Å². The van der Waals surface area contributed by atoms with Gasteiger partial charge in [-0.3, -0.25) is 4.79 Å². The molecule has 1 aromatic heterocycles. The van der Waals surface area contributed by atoms with Crippen molar-refractivity contribution >= 4 is 26.7 Å². The van der Waals surface area contributed by atoms with Gasteiger partial charge in [-0.05, 0) is 30.5 Å². The van der Waals surface area contributed by atoms with Crippen LogP contribution in [0, 0.1) is 6.92 Å². The normalized spacial score (nSPS) is 10.8. The van der Waals surface area contributed by atoms with Gasteiger partial charge < -0.3 is 4.57 Å². The molecule has 0 aliphatic carbocycles. The summed E-state index contributed by atoms with van der Waals surface area (Å²) in [7, 11) is 1.79. The lowest BCUT2D eigenvalue weighted by Crippen LogP contribution is -2.18. The minimum Gasteiger partial charge on any atom is -0.315 e. The second-order valence-corrected chi connectivity index (χ2v) is 4.30. The highest BCUT2D eigenvalue weighted by atomic mass is 79.9. The summed E-state index contributed by atoms with van der Waals surface area (Å²) >= 11 is 3.36. The first-order valence-corrected chi connectivity index (χ1v) is 5.15. The van der Waals surface area contributed by atoms with Crippen LogP contribution in [-0.4, -0.2) is 4.57 Å². The van der Waals surface area contributed by atoms with Crippen LogP contribution in [0.3, 0.4) is 0 Å². The third-order valence-electron chi connectivity index (χ3n) is 2.44. The van der Waals surface area contributed by atoms with Gasteiger partial charge in [-0.1, -0.05) is 22.0 Å². The number of halogens is 1. The van der Waals surface area contributed by atoms with E-state index in [1.165, 1.54) is 0 Å². The van der Waals surface area contributed by atoms with E-state index in [-0.39, 0.29) is 5.56 Å². The number of aryl methyl sites for hydroxylation is 1. The van der Waals surface area contributed by atoms with E-state index in [0.717, 1.165) is 20.9 Å². The Morgan fingerprint density at radius 3 is 2.71 bits per heavy atom. The van der Waals surface area contributed by atoms with Crippen LogP contribution in [0.4, 0.5) is 0 Å². The molecule has 0 saturated carbocycles. The molecule has 0 aliphatic heterocycles.